The molecule has 2 fully saturated rings. The van der Waals surface area contributed by atoms with Gasteiger partial charge in [0.15, 0.2) is 0 Å². The lowest BCUT2D eigenvalue weighted by Gasteiger charge is -2.48. The molecule has 0 unspecified atom stereocenters. The van der Waals surface area contributed by atoms with Crippen LogP contribution in [-0.4, -0.2) is 45.3 Å². The van der Waals surface area contributed by atoms with Crippen molar-refractivity contribution in [3.8, 4) is 0 Å². The molecule has 5 nitrogen and oxygen atoms in total. The molecular weight excluding hydrogens is 336 g/mol. The summed E-state index contributed by atoms with van der Waals surface area (Å²) in [5.41, 5.74) is 3.37. The first-order valence-corrected chi connectivity index (χ1v) is 9.94. The lowest BCUT2D eigenvalue weighted by atomic mass is 9.73. The number of aromatic nitrogens is 2. The molecule has 1 aromatic carbocycles. The van der Waals surface area contributed by atoms with Crippen molar-refractivity contribution in [1.82, 2.24) is 19.8 Å². The predicted molar refractivity (Wildman–Crippen MR) is 105 cm³/mol. The van der Waals surface area contributed by atoms with Gasteiger partial charge in [0, 0.05) is 37.7 Å². The zero-order valence-electron chi connectivity index (χ0n) is 16.1. The molecule has 1 aromatic heterocycles. The van der Waals surface area contributed by atoms with Gasteiger partial charge in [-0.2, -0.15) is 0 Å². The molecule has 3 heterocycles. The second kappa shape index (κ2) is 7.77. The lowest BCUT2D eigenvalue weighted by Crippen LogP contribution is -2.53. The number of carbonyl (C=O) groups is 1. The predicted octanol–water partition coefficient (Wildman–Crippen LogP) is 3.19. The quantitative estimate of drug-likeness (QED) is 0.836. The molecule has 0 aliphatic carbocycles. The molecule has 2 saturated heterocycles. The number of carbonyl (C=O) groups excluding carboxylic acids is 1. The van der Waals surface area contributed by atoms with Gasteiger partial charge in [0.05, 0.1) is 24.1 Å². The van der Waals surface area contributed by atoms with Crippen LogP contribution >= 0.6 is 0 Å². The van der Waals surface area contributed by atoms with Gasteiger partial charge in [0.2, 0.25) is 5.91 Å². The van der Waals surface area contributed by atoms with Gasteiger partial charge in [-0.3, -0.25) is 19.7 Å². The van der Waals surface area contributed by atoms with Crippen molar-refractivity contribution in [3.05, 3.63) is 59.7 Å². The van der Waals surface area contributed by atoms with Crippen LogP contribution in [0.25, 0.3) is 0 Å². The molecule has 1 atom stereocenters. The Morgan fingerprint density at radius 1 is 1.04 bits per heavy atom. The van der Waals surface area contributed by atoms with Crippen molar-refractivity contribution >= 4 is 5.91 Å². The summed E-state index contributed by atoms with van der Waals surface area (Å²) in [7, 11) is 0. The highest BCUT2D eigenvalue weighted by Gasteiger charge is 2.41. The fraction of sp³-hybridized carbons (Fsp3) is 0.500. The maximum atomic E-state index is 12.5. The molecule has 1 spiro atoms. The van der Waals surface area contributed by atoms with Gasteiger partial charge in [-0.1, -0.05) is 30.3 Å². The normalized spacial score (nSPS) is 23.7. The minimum Gasteiger partial charge on any atom is -0.336 e. The van der Waals surface area contributed by atoms with E-state index in [1.165, 1.54) is 18.4 Å². The van der Waals surface area contributed by atoms with E-state index in [4.69, 9.17) is 0 Å². The minimum atomic E-state index is 0.221. The summed E-state index contributed by atoms with van der Waals surface area (Å²) < 4.78 is 0. The Balaban J connectivity index is 1.43. The monoisotopic (exact) mass is 364 g/mol. The van der Waals surface area contributed by atoms with Crippen molar-refractivity contribution in [1.29, 1.82) is 0 Å². The summed E-state index contributed by atoms with van der Waals surface area (Å²) >= 11 is 0. The van der Waals surface area contributed by atoms with Gasteiger partial charge in [-0.15, -0.1) is 0 Å². The zero-order chi connectivity index (χ0) is 18.7. The maximum Gasteiger partial charge on any atom is 0.222 e. The summed E-state index contributed by atoms with van der Waals surface area (Å²) in [6, 6.07) is 10.7. The van der Waals surface area contributed by atoms with Crippen molar-refractivity contribution in [3.63, 3.8) is 0 Å². The number of nitrogens with zero attached hydrogens (tertiary/aromatic N) is 4. The smallest absolute Gasteiger partial charge is 0.222 e. The Morgan fingerprint density at radius 2 is 1.89 bits per heavy atom. The third-order valence-electron chi connectivity index (χ3n) is 5.92. The second-order valence-corrected chi connectivity index (χ2v) is 8.20. The van der Waals surface area contributed by atoms with Gasteiger partial charge in [0.25, 0.3) is 0 Å². The largest absolute Gasteiger partial charge is 0.336 e. The van der Waals surface area contributed by atoms with E-state index < -0.39 is 0 Å². The SMILES string of the molecule is Cc1cnc(CN2C[C@]3(CCCN(Cc4ccccc4)C3)CCC2=O)cn1. The third kappa shape index (κ3) is 4.35. The number of rotatable bonds is 4. The minimum absolute atomic E-state index is 0.221. The molecule has 1 amide bonds. The number of hydrogen-bond acceptors (Lipinski definition) is 4. The van der Waals surface area contributed by atoms with Crippen LogP contribution in [0.1, 0.15) is 42.6 Å². The Morgan fingerprint density at radius 3 is 2.67 bits per heavy atom. The Bertz CT molecular complexity index is 777. The van der Waals surface area contributed by atoms with Crippen LogP contribution in [0.4, 0.5) is 0 Å². The van der Waals surface area contributed by atoms with Crippen LogP contribution in [0, 0.1) is 12.3 Å². The van der Waals surface area contributed by atoms with E-state index in [9.17, 15) is 4.79 Å². The van der Waals surface area contributed by atoms with Gasteiger partial charge in [0.1, 0.15) is 0 Å². The van der Waals surface area contributed by atoms with E-state index in [0.29, 0.717) is 13.0 Å². The van der Waals surface area contributed by atoms with Crippen LogP contribution in [0.3, 0.4) is 0 Å². The summed E-state index contributed by atoms with van der Waals surface area (Å²) in [4.78, 5) is 25.9. The molecule has 4 rings (SSSR count). The molecule has 142 valence electrons. The van der Waals surface area contributed by atoms with E-state index in [-0.39, 0.29) is 11.3 Å². The molecule has 27 heavy (non-hydrogen) atoms. The number of amides is 1. The Labute approximate surface area is 161 Å². The fourth-order valence-corrected chi connectivity index (χ4v) is 4.56. The first-order valence-electron chi connectivity index (χ1n) is 9.94. The highest BCUT2D eigenvalue weighted by molar-refractivity contribution is 5.77. The number of hydrogen-bond donors (Lipinski definition) is 0. The number of aryl methyl sites for hydroxylation is 1. The first-order chi connectivity index (χ1) is 13.1. The lowest BCUT2D eigenvalue weighted by molar-refractivity contribution is -0.140. The highest BCUT2D eigenvalue weighted by atomic mass is 16.2. The highest BCUT2D eigenvalue weighted by Crippen LogP contribution is 2.39. The molecular formula is C22H28N4O. The fourth-order valence-electron chi connectivity index (χ4n) is 4.56. The van der Waals surface area contributed by atoms with Crippen LogP contribution in [0.5, 0.6) is 0 Å². The molecule has 0 saturated carbocycles. The standard InChI is InChI=1S/C22H28N4O/c1-18-12-24-20(13-23-18)15-26-17-22(10-8-21(26)27)9-5-11-25(16-22)14-19-6-3-2-4-7-19/h2-4,6-7,12-13H,5,8-11,14-17H2,1H3/t22-/m1/s1. The van der Waals surface area contributed by atoms with Crippen molar-refractivity contribution in [2.45, 2.75) is 45.7 Å². The Kier molecular flexibility index (Phi) is 5.21. The number of likely N-dealkylation sites (tertiary alicyclic amines) is 2. The second-order valence-electron chi connectivity index (χ2n) is 8.20. The Hall–Kier alpha value is -2.27. The van der Waals surface area contributed by atoms with Crippen LogP contribution < -0.4 is 0 Å². The van der Waals surface area contributed by atoms with Crippen molar-refractivity contribution < 1.29 is 4.79 Å². The van der Waals surface area contributed by atoms with Crippen molar-refractivity contribution in [2.24, 2.45) is 5.41 Å². The van der Waals surface area contributed by atoms with Gasteiger partial charge < -0.3 is 4.90 Å². The number of benzene rings is 1. The van der Waals surface area contributed by atoms with E-state index in [1.54, 1.807) is 12.4 Å². The van der Waals surface area contributed by atoms with Crippen LogP contribution in [-0.2, 0) is 17.9 Å². The summed E-state index contributed by atoms with van der Waals surface area (Å²) in [6.07, 6.45) is 7.65. The van der Waals surface area contributed by atoms with Crippen LogP contribution in [0.15, 0.2) is 42.7 Å². The van der Waals surface area contributed by atoms with E-state index >= 15 is 0 Å². The van der Waals surface area contributed by atoms with Crippen LogP contribution in [0.2, 0.25) is 0 Å². The summed E-state index contributed by atoms with van der Waals surface area (Å²) in [5.74, 6) is 0.253. The molecule has 2 aliphatic rings. The van der Waals surface area contributed by atoms with Gasteiger partial charge in [-0.05, 0) is 38.3 Å². The average Bonchev–Trinajstić information content (AvgIpc) is 2.68. The molecule has 2 aromatic rings. The first kappa shape index (κ1) is 18.1. The molecule has 0 radical (unpaired) electrons. The number of piperidine rings is 2. The van der Waals surface area contributed by atoms with Gasteiger partial charge >= 0.3 is 0 Å². The van der Waals surface area contributed by atoms with Gasteiger partial charge in [-0.25, -0.2) is 0 Å². The third-order valence-corrected chi connectivity index (χ3v) is 5.92. The maximum absolute atomic E-state index is 12.5. The molecule has 0 bridgehead atoms. The van der Waals surface area contributed by atoms with Crippen molar-refractivity contribution in [2.75, 3.05) is 19.6 Å². The summed E-state index contributed by atoms with van der Waals surface area (Å²) in [6.45, 7) is 6.57. The average molecular weight is 364 g/mol. The molecule has 2 aliphatic heterocycles. The zero-order valence-corrected chi connectivity index (χ0v) is 16.1. The summed E-state index contributed by atoms with van der Waals surface area (Å²) in [5, 5.41) is 0. The molecule has 0 N–H and O–H groups in total. The molecule has 5 heteroatoms. The van der Waals surface area contributed by atoms with E-state index in [0.717, 1.165) is 44.0 Å². The topological polar surface area (TPSA) is 49.3 Å². The van der Waals surface area contributed by atoms with E-state index in [2.05, 4.69) is 45.2 Å². The van der Waals surface area contributed by atoms with E-state index in [1.807, 2.05) is 11.8 Å².